The van der Waals surface area contributed by atoms with Crippen molar-refractivity contribution >= 4 is 11.8 Å². The zero-order valence-corrected chi connectivity index (χ0v) is 8.89. The first-order chi connectivity index (χ1) is 6.83. The molecule has 0 aromatic heterocycles. The molecule has 1 aliphatic rings. The average Bonchev–Trinajstić information content (AvgIpc) is 2.27. The molecular formula is C9H12N4S. The SMILES string of the molecule is CSC(=C(C#N)C#N)N1CCNCC1. The normalized spacial score (nSPS) is 15.5. The topological polar surface area (TPSA) is 62.9 Å². The summed E-state index contributed by atoms with van der Waals surface area (Å²) in [5.74, 6) is 0. The van der Waals surface area contributed by atoms with E-state index in [-0.39, 0.29) is 5.57 Å². The molecule has 1 N–H and O–H groups in total. The van der Waals surface area contributed by atoms with Crippen molar-refractivity contribution in [3.8, 4) is 12.1 Å². The Morgan fingerprint density at radius 3 is 2.29 bits per heavy atom. The molecule has 0 radical (unpaired) electrons. The summed E-state index contributed by atoms with van der Waals surface area (Å²) < 4.78 is 0. The minimum Gasteiger partial charge on any atom is -0.362 e. The second kappa shape index (κ2) is 5.54. The van der Waals surface area contributed by atoms with Crippen molar-refractivity contribution in [3.63, 3.8) is 0 Å². The van der Waals surface area contributed by atoms with Crippen molar-refractivity contribution in [2.75, 3.05) is 32.4 Å². The van der Waals surface area contributed by atoms with Crippen molar-refractivity contribution in [1.29, 1.82) is 10.5 Å². The van der Waals surface area contributed by atoms with E-state index in [0.29, 0.717) is 0 Å². The van der Waals surface area contributed by atoms with E-state index < -0.39 is 0 Å². The predicted octanol–water partition coefficient (Wildman–Crippen LogP) is 0.513. The molecule has 74 valence electrons. The molecule has 1 saturated heterocycles. The van der Waals surface area contributed by atoms with Crippen LogP contribution in [0.4, 0.5) is 0 Å². The van der Waals surface area contributed by atoms with Crippen LogP contribution in [0.3, 0.4) is 0 Å². The van der Waals surface area contributed by atoms with Gasteiger partial charge < -0.3 is 10.2 Å². The van der Waals surface area contributed by atoms with E-state index in [0.717, 1.165) is 31.2 Å². The minimum absolute atomic E-state index is 0.222. The fourth-order valence-electron chi connectivity index (χ4n) is 1.38. The van der Waals surface area contributed by atoms with Crippen LogP contribution in [0.25, 0.3) is 0 Å². The van der Waals surface area contributed by atoms with E-state index in [1.807, 2.05) is 18.4 Å². The van der Waals surface area contributed by atoms with Gasteiger partial charge >= 0.3 is 0 Å². The third-order valence-electron chi connectivity index (χ3n) is 2.04. The van der Waals surface area contributed by atoms with Gasteiger partial charge in [0, 0.05) is 26.2 Å². The Labute approximate surface area is 88.2 Å². The highest BCUT2D eigenvalue weighted by atomic mass is 32.2. The summed E-state index contributed by atoms with van der Waals surface area (Å²) in [6.07, 6.45) is 1.89. The molecule has 0 aliphatic carbocycles. The molecule has 1 fully saturated rings. The fraction of sp³-hybridized carbons (Fsp3) is 0.556. The zero-order chi connectivity index (χ0) is 10.4. The molecule has 0 saturated carbocycles. The van der Waals surface area contributed by atoms with Gasteiger partial charge in [0.15, 0.2) is 5.57 Å². The van der Waals surface area contributed by atoms with E-state index in [2.05, 4.69) is 10.2 Å². The first kappa shape index (κ1) is 10.9. The Morgan fingerprint density at radius 1 is 1.29 bits per heavy atom. The zero-order valence-electron chi connectivity index (χ0n) is 8.08. The van der Waals surface area contributed by atoms with E-state index in [1.165, 1.54) is 11.8 Å². The summed E-state index contributed by atoms with van der Waals surface area (Å²) in [5, 5.41) is 21.6. The highest BCUT2D eigenvalue weighted by Gasteiger charge is 2.16. The number of rotatable bonds is 2. The first-order valence-corrected chi connectivity index (χ1v) is 5.60. The number of nitrogens with one attached hydrogen (secondary N) is 1. The highest BCUT2D eigenvalue weighted by Crippen LogP contribution is 2.21. The Hall–Kier alpha value is -1.17. The van der Waals surface area contributed by atoms with Gasteiger partial charge in [-0.3, -0.25) is 0 Å². The molecular weight excluding hydrogens is 196 g/mol. The fourth-order valence-corrected chi connectivity index (χ4v) is 2.11. The number of hydrogen-bond donors (Lipinski definition) is 1. The maximum atomic E-state index is 8.77. The van der Waals surface area contributed by atoms with E-state index in [1.54, 1.807) is 0 Å². The number of allylic oxidation sites excluding steroid dienone is 1. The molecule has 0 aromatic rings. The lowest BCUT2D eigenvalue weighted by Crippen LogP contribution is -2.42. The quantitative estimate of drug-likeness (QED) is 0.670. The van der Waals surface area contributed by atoms with Crippen LogP contribution in [0, 0.1) is 22.7 Å². The summed E-state index contributed by atoms with van der Waals surface area (Å²) in [5.41, 5.74) is 0.222. The standard InChI is InChI=1S/C9H12N4S/c1-14-9(8(6-10)7-11)13-4-2-12-3-5-13/h12H,2-5H2,1H3. The molecule has 0 unspecified atom stereocenters. The van der Waals surface area contributed by atoms with Crippen molar-refractivity contribution in [2.45, 2.75) is 0 Å². The van der Waals surface area contributed by atoms with Crippen LogP contribution in [0.2, 0.25) is 0 Å². The largest absolute Gasteiger partial charge is 0.362 e. The molecule has 0 atom stereocenters. The third kappa shape index (κ3) is 2.41. The summed E-state index contributed by atoms with van der Waals surface area (Å²) in [4.78, 5) is 2.09. The maximum absolute atomic E-state index is 8.77. The van der Waals surface area contributed by atoms with Crippen molar-refractivity contribution in [3.05, 3.63) is 10.6 Å². The van der Waals surface area contributed by atoms with Crippen LogP contribution in [-0.2, 0) is 0 Å². The van der Waals surface area contributed by atoms with Gasteiger partial charge in [-0.05, 0) is 6.26 Å². The Morgan fingerprint density at radius 2 is 1.86 bits per heavy atom. The molecule has 0 bridgehead atoms. The second-order valence-corrected chi connectivity index (χ2v) is 3.64. The highest BCUT2D eigenvalue weighted by molar-refractivity contribution is 8.02. The summed E-state index contributed by atoms with van der Waals surface area (Å²) in [6.45, 7) is 3.55. The lowest BCUT2D eigenvalue weighted by atomic mass is 10.3. The van der Waals surface area contributed by atoms with Crippen LogP contribution in [0.5, 0.6) is 0 Å². The number of hydrogen-bond acceptors (Lipinski definition) is 5. The molecule has 5 heteroatoms. The first-order valence-electron chi connectivity index (χ1n) is 4.37. The van der Waals surface area contributed by atoms with Gasteiger partial charge in [0.2, 0.25) is 0 Å². The molecule has 14 heavy (non-hydrogen) atoms. The van der Waals surface area contributed by atoms with Crippen molar-refractivity contribution < 1.29 is 0 Å². The monoisotopic (exact) mass is 208 g/mol. The second-order valence-electron chi connectivity index (χ2n) is 2.84. The van der Waals surface area contributed by atoms with E-state index >= 15 is 0 Å². The van der Waals surface area contributed by atoms with Crippen molar-refractivity contribution in [2.24, 2.45) is 0 Å². The number of thioether (sulfide) groups is 1. The number of nitrogens with zero attached hydrogens (tertiary/aromatic N) is 3. The van der Waals surface area contributed by atoms with Crippen LogP contribution >= 0.6 is 11.8 Å². The third-order valence-corrected chi connectivity index (χ3v) is 2.88. The Bertz CT molecular complexity index is 288. The lowest BCUT2D eigenvalue weighted by Gasteiger charge is -2.30. The molecule has 1 heterocycles. The molecule has 1 aliphatic heterocycles. The number of piperazine rings is 1. The van der Waals surface area contributed by atoms with Gasteiger partial charge in [-0.15, -0.1) is 11.8 Å². The van der Waals surface area contributed by atoms with Crippen LogP contribution in [-0.4, -0.2) is 37.3 Å². The van der Waals surface area contributed by atoms with Crippen molar-refractivity contribution in [1.82, 2.24) is 10.2 Å². The average molecular weight is 208 g/mol. The maximum Gasteiger partial charge on any atom is 0.159 e. The molecule has 1 rings (SSSR count). The minimum atomic E-state index is 0.222. The van der Waals surface area contributed by atoms with Gasteiger partial charge in [-0.25, -0.2) is 0 Å². The summed E-state index contributed by atoms with van der Waals surface area (Å²) in [7, 11) is 0. The van der Waals surface area contributed by atoms with Gasteiger partial charge in [0.25, 0.3) is 0 Å². The molecule has 0 aromatic carbocycles. The molecule has 0 amide bonds. The van der Waals surface area contributed by atoms with Gasteiger partial charge in [-0.1, -0.05) is 0 Å². The van der Waals surface area contributed by atoms with Crippen LogP contribution in [0.1, 0.15) is 0 Å². The smallest absolute Gasteiger partial charge is 0.159 e. The van der Waals surface area contributed by atoms with Crippen LogP contribution in [0.15, 0.2) is 10.6 Å². The van der Waals surface area contributed by atoms with E-state index in [4.69, 9.17) is 10.5 Å². The Kier molecular flexibility index (Phi) is 4.31. The molecule has 4 nitrogen and oxygen atoms in total. The predicted molar refractivity (Wildman–Crippen MR) is 56.2 cm³/mol. The summed E-state index contributed by atoms with van der Waals surface area (Å²) >= 11 is 1.47. The molecule has 0 spiro atoms. The van der Waals surface area contributed by atoms with Gasteiger partial charge in [0.1, 0.15) is 12.1 Å². The van der Waals surface area contributed by atoms with Crippen LogP contribution < -0.4 is 5.32 Å². The van der Waals surface area contributed by atoms with Gasteiger partial charge in [-0.2, -0.15) is 10.5 Å². The summed E-state index contributed by atoms with van der Waals surface area (Å²) in [6, 6.07) is 3.87. The van der Waals surface area contributed by atoms with E-state index in [9.17, 15) is 0 Å². The lowest BCUT2D eigenvalue weighted by molar-refractivity contribution is 0.316. The Balaban J connectivity index is 2.85. The van der Waals surface area contributed by atoms with Gasteiger partial charge in [0.05, 0.1) is 5.03 Å². The number of nitriles is 2.